The van der Waals surface area contributed by atoms with Crippen molar-refractivity contribution in [3.63, 3.8) is 0 Å². The summed E-state index contributed by atoms with van der Waals surface area (Å²) >= 11 is 0. The van der Waals surface area contributed by atoms with E-state index in [0.29, 0.717) is 0 Å². The largest absolute Gasteiger partial charge is 0.277 e. The van der Waals surface area contributed by atoms with Gasteiger partial charge in [0.1, 0.15) is 0 Å². The molecule has 0 aliphatic carbocycles. The molecule has 1 aromatic heterocycles. The molecule has 0 saturated carbocycles. The van der Waals surface area contributed by atoms with Crippen molar-refractivity contribution < 1.29 is 0 Å². The van der Waals surface area contributed by atoms with Crippen LogP contribution in [0.25, 0.3) is 23.1 Å². The van der Waals surface area contributed by atoms with Crippen molar-refractivity contribution in [1.29, 1.82) is 0 Å². The summed E-state index contributed by atoms with van der Waals surface area (Å²) in [4.78, 5) is 0. The molecular weight excluding hydrogens is 220 g/mol. The summed E-state index contributed by atoms with van der Waals surface area (Å²) in [6.45, 7) is 2.09. The molecule has 0 atom stereocenters. The van der Waals surface area contributed by atoms with Crippen LogP contribution < -0.4 is 0 Å². The Hall–Kier alpha value is -2.35. The Morgan fingerprint density at radius 3 is 2.56 bits per heavy atom. The van der Waals surface area contributed by atoms with Crippen molar-refractivity contribution in [3.05, 3.63) is 65.4 Å². The van der Waals surface area contributed by atoms with Gasteiger partial charge < -0.3 is 0 Å². The molecule has 2 aromatic carbocycles. The van der Waals surface area contributed by atoms with E-state index < -0.39 is 0 Å². The monoisotopic (exact) mass is 234 g/mol. The van der Waals surface area contributed by atoms with Gasteiger partial charge in [0, 0.05) is 5.39 Å². The minimum Gasteiger partial charge on any atom is -0.277 e. The first kappa shape index (κ1) is 10.8. The fraction of sp³-hybridized carbons (Fsp3) is 0.0625. The normalized spacial score (nSPS) is 11.4. The van der Waals surface area contributed by atoms with Gasteiger partial charge in [0.2, 0.25) is 0 Å². The molecule has 1 heterocycles. The molecule has 0 amide bonds. The van der Waals surface area contributed by atoms with Crippen LogP contribution in [0.1, 0.15) is 16.8 Å². The summed E-state index contributed by atoms with van der Waals surface area (Å²) in [6.07, 6.45) is 4.13. The van der Waals surface area contributed by atoms with Gasteiger partial charge in [-0.15, -0.1) is 0 Å². The van der Waals surface area contributed by atoms with Crippen LogP contribution in [-0.4, -0.2) is 10.2 Å². The number of para-hydroxylation sites is 1. The zero-order chi connectivity index (χ0) is 12.4. The number of H-pyrrole nitrogens is 1. The predicted molar refractivity (Wildman–Crippen MR) is 76.2 cm³/mol. The number of fused-ring (bicyclic) bond motifs is 1. The average molecular weight is 234 g/mol. The van der Waals surface area contributed by atoms with Crippen molar-refractivity contribution >= 4 is 23.1 Å². The zero-order valence-corrected chi connectivity index (χ0v) is 10.2. The van der Waals surface area contributed by atoms with Crippen LogP contribution in [0.5, 0.6) is 0 Å². The molecule has 3 aromatic rings. The van der Waals surface area contributed by atoms with Gasteiger partial charge in [-0.05, 0) is 24.6 Å². The van der Waals surface area contributed by atoms with E-state index in [-0.39, 0.29) is 0 Å². The first-order chi connectivity index (χ1) is 8.83. The maximum Gasteiger partial charge on any atom is 0.0927 e. The zero-order valence-electron chi connectivity index (χ0n) is 10.2. The van der Waals surface area contributed by atoms with Crippen molar-refractivity contribution in [1.82, 2.24) is 10.2 Å². The lowest BCUT2D eigenvalue weighted by molar-refractivity contribution is 1.11. The Labute approximate surface area is 106 Å². The highest BCUT2D eigenvalue weighted by Gasteiger charge is 2.00. The maximum atomic E-state index is 4.32. The van der Waals surface area contributed by atoms with Crippen LogP contribution in [0.3, 0.4) is 0 Å². The molecule has 0 radical (unpaired) electrons. The van der Waals surface area contributed by atoms with E-state index in [9.17, 15) is 0 Å². The topological polar surface area (TPSA) is 28.7 Å². The molecule has 0 aliphatic heterocycles. The minimum atomic E-state index is 0.978. The second-order valence-corrected chi connectivity index (χ2v) is 4.40. The number of nitrogens with zero attached hydrogens (tertiary/aromatic N) is 1. The number of rotatable bonds is 2. The molecular formula is C16H14N2. The van der Waals surface area contributed by atoms with E-state index in [4.69, 9.17) is 0 Å². The van der Waals surface area contributed by atoms with E-state index >= 15 is 0 Å². The number of aromatic nitrogens is 2. The maximum absolute atomic E-state index is 4.32. The van der Waals surface area contributed by atoms with Gasteiger partial charge in [-0.25, -0.2) is 0 Å². The average Bonchev–Trinajstić information content (AvgIpc) is 2.82. The number of benzene rings is 2. The van der Waals surface area contributed by atoms with Crippen LogP contribution in [0.2, 0.25) is 0 Å². The molecule has 0 aliphatic rings. The molecule has 3 rings (SSSR count). The lowest BCUT2D eigenvalue weighted by atomic mass is 10.1. The van der Waals surface area contributed by atoms with Gasteiger partial charge in [-0.2, -0.15) is 5.10 Å². The van der Waals surface area contributed by atoms with Crippen molar-refractivity contribution in [2.75, 3.05) is 0 Å². The third kappa shape index (κ3) is 2.05. The summed E-state index contributed by atoms with van der Waals surface area (Å²) < 4.78 is 0. The Balaban J connectivity index is 1.94. The SMILES string of the molecule is Cc1ccc(C=Cc2n[nH]c3ccccc23)cc1. The number of aromatic amines is 1. The highest BCUT2D eigenvalue weighted by molar-refractivity contribution is 5.89. The van der Waals surface area contributed by atoms with E-state index in [1.54, 1.807) is 0 Å². The number of nitrogens with one attached hydrogen (secondary N) is 1. The van der Waals surface area contributed by atoms with Crippen molar-refractivity contribution in [2.24, 2.45) is 0 Å². The summed E-state index contributed by atoms with van der Waals surface area (Å²) in [5, 5.41) is 8.50. The lowest BCUT2D eigenvalue weighted by Gasteiger charge is -1.94. The van der Waals surface area contributed by atoms with E-state index in [0.717, 1.165) is 16.6 Å². The molecule has 2 nitrogen and oxygen atoms in total. The van der Waals surface area contributed by atoms with Gasteiger partial charge in [0.15, 0.2) is 0 Å². The number of hydrogen-bond donors (Lipinski definition) is 1. The summed E-state index contributed by atoms with van der Waals surface area (Å²) in [6, 6.07) is 16.6. The second kappa shape index (κ2) is 4.49. The van der Waals surface area contributed by atoms with Crippen LogP contribution in [0.4, 0.5) is 0 Å². The Morgan fingerprint density at radius 1 is 0.944 bits per heavy atom. The Kier molecular flexibility index (Phi) is 2.69. The fourth-order valence-electron chi connectivity index (χ4n) is 1.96. The van der Waals surface area contributed by atoms with Gasteiger partial charge in [0.05, 0.1) is 11.2 Å². The van der Waals surface area contributed by atoms with Gasteiger partial charge in [-0.1, -0.05) is 54.1 Å². The summed E-state index contributed by atoms with van der Waals surface area (Å²) in [5.74, 6) is 0. The molecule has 88 valence electrons. The molecule has 0 saturated heterocycles. The highest BCUT2D eigenvalue weighted by atomic mass is 15.1. The Bertz CT molecular complexity index is 690. The minimum absolute atomic E-state index is 0.978. The summed E-state index contributed by atoms with van der Waals surface area (Å²) in [5.41, 5.74) is 4.51. The van der Waals surface area contributed by atoms with E-state index in [2.05, 4.69) is 53.5 Å². The molecule has 0 unspecified atom stereocenters. The molecule has 2 heteroatoms. The molecule has 0 fully saturated rings. The molecule has 0 bridgehead atoms. The van der Waals surface area contributed by atoms with Crippen molar-refractivity contribution in [2.45, 2.75) is 6.92 Å². The first-order valence-electron chi connectivity index (χ1n) is 6.01. The standard InChI is InChI=1S/C16H14N2/c1-12-6-8-13(9-7-12)10-11-16-14-4-2-3-5-15(14)17-18-16/h2-11H,1H3,(H,17,18). The predicted octanol–water partition coefficient (Wildman–Crippen LogP) is 4.04. The number of aryl methyl sites for hydroxylation is 1. The van der Waals surface area contributed by atoms with Gasteiger partial charge in [-0.3, -0.25) is 5.10 Å². The molecule has 1 N–H and O–H groups in total. The number of hydrogen-bond acceptors (Lipinski definition) is 1. The quantitative estimate of drug-likeness (QED) is 0.712. The van der Waals surface area contributed by atoms with E-state index in [1.165, 1.54) is 11.1 Å². The third-order valence-corrected chi connectivity index (χ3v) is 3.01. The van der Waals surface area contributed by atoms with Gasteiger partial charge in [0.25, 0.3) is 0 Å². The van der Waals surface area contributed by atoms with Crippen LogP contribution in [-0.2, 0) is 0 Å². The van der Waals surface area contributed by atoms with Crippen LogP contribution in [0.15, 0.2) is 48.5 Å². The first-order valence-corrected chi connectivity index (χ1v) is 6.01. The Morgan fingerprint density at radius 2 is 1.72 bits per heavy atom. The van der Waals surface area contributed by atoms with Crippen molar-refractivity contribution in [3.8, 4) is 0 Å². The van der Waals surface area contributed by atoms with Crippen LogP contribution >= 0.6 is 0 Å². The summed E-state index contributed by atoms with van der Waals surface area (Å²) in [7, 11) is 0. The lowest BCUT2D eigenvalue weighted by Crippen LogP contribution is -1.75. The van der Waals surface area contributed by atoms with Gasteiger partial charge >= 0.3 is 0 Å². The molecule has 18 heavy (non-hydrogen) atoms. The molecule has 0 spiro atoms. The van der Waals surface area contributed by atoms with Crippen LogP contribution in [0, 0.1) is 6.92 Å². The fourth-order valence-corrected chi connectivity index (χ4v) is 1.96. The second-order valence-electron chi connectivity index (χ2n) is 4.40. The highest BCUT2D eigenvalue weighted by Crippen LogP contribution is 2.17. The smallest absolute Gasteiger partial charge is 0.0927 e. The third-order valence-electron chi connectivity index (χ3n) is 3.01. The van der Waals surface area contributed by atoms with E-state index in [1.807, 2.05) is 24.3 Å².